The Bertz CT molecular complexity index is 593. The molecule has 0 aromatic carbocycles. The zero-order valence-corrected chi connectivity index (χ0v) is 15.6. The Kier molecular flexibility index (Phi) is 8.71. The van der Waals surface area contributed by atoms with Crippen molar-refractivity contribution in [3.8, 4) is 0 Å². The fourth-order valence-corrected chi connectivity index (χ4v) is 2.11. The van der Waals surface area contributed by atoms with Crippen LogP contribution in [0.25, 0.3) is 0 Å². The molecule has 8 heteroatoms. The molecule has 0 radical (unpaired) electrons. The van der Waals surface area contributed by atoms with Gasteiger partial charge in [-0.05, 0) is 19.4 Å². The Morgan fingerprint density at radius 3 is 2.79 bits per heavy atom. The third kappa shape index (κ3) is 7.27. The first-order valence-corrected chi connectivity index (χ1v) is 8.51. The number of hydrazone groups is 1. The summed E-state index contributed by atoms with van der Waals surface area (Å²) in [5, 5.41) is 8.49. The molecular weight excluding hydrogens is 351 g/mol. The number of rotatable bonds is 6. The number of halogens is 2. The number of hydrogen-bond acceptors (Lipinski definition) is 4. The number of amidine groups is 1. The van der Waals surface area contributed by atoms with Crippen molar-refractivity contribution in [1.82, 2.24) is 10.3 Å². The molecule has 1 aliphatic heterocycles. The molecule has 0 spiro atoms. The zero-order chi connectivity index (χ0) is 18.1. The second-order valence-corrected chi connectivity index (χ2v) is 6.30. The second kappa shape index (κ2) is 10.3. The fraction of sp³-hybridized carbons (Fsp3) is 0.500. The van der Waals surface area contributed by atoms with Crippen LogP contribution in [0.4, 0.5) is 0 Å². The first kappa shape index (κ1) is 20.4. The molecule has 24 heavy (non-hydrogen) atoms. The third-order valence-electron chi connectivity index (χ3n) is 3.10. The summed E-state index contributed by atoms with van der Waals surface area (Å²) in [5.74, 6) is -0.151. The van der Waals surface area contributed by atoms with Crippen LogP contribution in [0, 0.1) is 0 Å². The standard InChI is InChI=1S/C16H22Cl2N4O2/c1-4-5-6-14(19-13(18)9-7-11(2)17)20-16(24)12-8-10-15(23)22(3)21-12/h5-7,13H,4,8-10H2,1-3H3,(H,19,20,24)/b6-5-,11-7+. The van der Waals surface area contributed by atoms with Gasteiger partial charge in [0.15, 0.2) is 0 Å². The molecule has 0 saturated heterocycles. The van der Waals surface area contributed by atoms with Gasteiger partial charge in [0, 0.05) is 31.3 Å². The van der Waals surface area contributed by atoms with Gasteiger partial charge in [0.2, 0.25) is 5.91 Å². The molecule has 1 unspecified atom stereocenters. The van der Waals surface area contributed by atoms with Crippen LogP contribution in [0.5, 0.6) is 0 Å². The van der Waals surface area contributed by atoms with Gasteiger partial charge in [0.1, 0.15) is 17.0 Å². The van der Waals surface area contributed by atoms with Crippen LogP contribution in [0.15, 0.2) is 33.4 Å². The van der Waals surface area contributed by atoms with Gasteiger partial charge in [0.25, 0.3) is 5.91 Å². The molecule has 2 amide bonds. The number of aliphatic imine (C=N–C) groups is 1. The molecule has 6 nitrogen and oxygen atoms in total. The normalized spacial score (nSPS) is 18.0. The van der Waals surface area contributed by atoms with Crippen molar-refractivity contribution in [2.75, 3.05) is 7.05 Å². The number of carbonyl (C=O) groups is 2. The van der Waals surface area contributed by atoms with E-state index in [2.05, 4.69) is 15.4 Å². The van der Waals surface area contributed by atoms with E-state index < -0.39 is 5.50 Å². The quantitative estimate of drug-likeness (QED) is 0.336. The van der Waals surface area contributed by atoms with E-state index in [0.717, 1.165) is 6.42 Å². The van der Waals surface area contributed by atoms with Crippen molar-refractivity contribution >= 4 is 46.6 Å². The number of carbonyl (C=O) groups excluding carboxylic acids is 2. The van der Waals surface area contributed by atoms with E-state index in [4.69, 9.17) is 23.2 Å². The molecule has 0 saturated carbocycles. The van der Waals surface area contributed by atoms with Gasteiger partial charge in [-0.25, -0.2) is 10.0 Å². The Hall–Kier alpha value is -1.66. The van der Waals surface area contributed by atoms with Crippen LogP contribution in [0.2, 0.25) is 0 Å². The van der Waals surface area contributed by atoms with E-state index in [-0.39, 0.29) is 23.9 Å². The highest BCUT2D eigenvalue weighted by atomic mass is 35.5. The predicted molar refractivity (Wildman–Crippen MR) is 98.3 cm³/mol. The van der Waals surface area contributed by atoms with Crippen molar-refractivity contribution in [3.63, 3.8) is 0 Å². The zero-order valence-electron chi connectivity index (χ0n) is 14.1. The smallest absolute Gasteiger partial charge is 0.273 e. The number of alkyl halides is 1. The molecule has 0 aromatic rings. The average Bonchev–Trinajstić information content (AvgIpc) is 2.53. The van der Waals surface area contributed by atoms with Crippen molar-refractivity contribution in [2.45, 2.75) is 45.0 Å². The molecule has 1 rings (SSSR count). The van der Waals surface area contributed by atoms with Gasteiger partial charge in [0.05, 0.1) is 0 Å². The average molecular weight is 373 g/mol. The Morgan fingerprint density at radius 1 is 1.50 bits per heavy atom. The monoisotopic (exact) mass is 372 g/mol. The highest BCUT2D eigenvalue weighted by Crippen LogP contribution is 2.10. The minimum Gasteiger partial charge on any atom is -0.306 e. The lowest BCUT2D eigenvalue weighted by Crippen LogP contribution is -2.40. The molecule has 0 bridgehead atoms. The highest BCUT2D eigenvalue weighted by Gasteiger charge is 2.22. The minimum absolute atomic E-state index is 0.115. The molecule has 1 heterocycles. The topological polar surface area (TPSA) is 74.1 Å². The fourth-order valence-electron chi connectivity index (χ4n) is 1.83. The maximum absolute atomic E-state index is 12.3. The summed E-state index contributed by atoms with van der Waals surface area (Å²) in [7, 11) is 1.52. The van der Waals surface area contributed by atoms with E-state index in [9.17, 15) is 9.59 Å². The summed E-state index contributed by atoms with van der Waals surface area (Å²) < 4.78 is 0. The van der Waals surface area contributed by atoms with Gasteiger partial charge < -0.3 is 5.32 Å². The van der Waals surface area contributed by atoms with Crippen molar-refractivity contribution in [2.24, 2.45) is 10.1 Å². The third-order valence-corrected chi connectivity index (χ3v) is 3.53. The summed E-state index contributed by atoms with van der Waals surface area (Å²) in [4.78, 5) is 28.0. The molecular formula is C16H22Cl2N4O2. The van der Waals surface area contributed by atoms with E-state index in [1.807, 2.05) is 13.0 Å². The number of allylic oxidation sites excluding steroid dienone is 2. The first-order chi connectivity index (χ1) is 11.3. The lowest BCUT2D eigenvalue weighted by Gasteiger charge is -2.19. The van der Waals surface area contributed by atoms with Crippen LogP contribution in [0.1, 0.15) is 39.5 Å². The largest absolute Gasteiger partial charge is 0.306 e. The Labute approximate surface area is 152 Å². The van der Waals surface area contributed by atoms with Crippen LogP contribution in [-0.2, 0) is 9.59 Å². The van der Waals surface area contributed by atoms with Gasteiger partial charge in [-0.1, -0.05) is 42.3 Å². The summed E-state index contributed by atoms with van der Waals surface area (Å²) in [6, 6.07) is 0. The lowest BCUT2D eigenvalue weighted by molar-refractivity contribution is -0.130. The van der Waals surface area contributed by atoms with Crippen molar-refractivity contribution in [1.29, 1.82) is 0 Å². The van der Waals surface area contributed by atoms with E-state index in [0.29, 0.717) is 23.7 Å². The summed E-state index contributed by atoms with van der Waals surface area (Å²) in [5.41, 5.74) is -0.259. The van der Waals surface area contributed by atoms with Crippen LogP contribution < -0.4 is 5.32 Å². The number of amides is 2. The van der Waals surface area contributed by atoms with E-state index in [1.165, 1.54) is 12.1 Å². The summed E-state index contributed by atoms with van der Waals surface area (Å²) in [6.45, 7) is 3.73. The van der Waals surface area contributed by atoms with Gasteiger partial charge in [-0.2, -0.15) is 5.10 Å². The predicted octanol–water partition coefficient (Wildman–Crippen LogP) is 3.17. The van der Waals surface area contributed by atoms with Crippen LogP contribution in [0.3, 0.4) is 0 Å². The highest BCUT2D eigenvalue weighted by molar-refractivity contribution is 6.42. The molecule has 0 fully saturated rings. The van der Waals surface area contributed by atoms with Crippen molar-refractivity contribution in [3.05, 3.63) is 23.3 Å². The second-order valence-electron chi connectivity index (χ2n) is 5.20. The molecule has 1 aliphatic rings. The summed E-state index contributed by atoms with van der Waals surface area (Å²) in [6.07, 6.45) is 7.13. The maximum atomic E-state index is 12.3. The van der Waals surface area contributed by atoms with E-state index >= 15 is 0 Å². The number of nitrogens with one attached hydrogen (secondary N) is 1. The number of hydrogen-bond donors (Lipinski definition) is 1. The SMILES string of the molecule is CC/C=C\C(=N/C(Cl)C/C=C(\C)Cl)NC(=O)C1=NN(C)C(=O)CC1. The molecule has 1 atom stereocenters. The Morgan fingerprint density at radius 2 is 2.21 bits per heavy atom. The van der Waals surface area contributed by atoms with E-state index in [1.54, 1.807) is 19.1 Å². The molecule has 132 valence electrons. The molecule has 0 aliphatic carbocycles. The van der Waals surface area contributed by atoms with Crippen molar-refractivity contribution < 1.29 is 9.59 Å². The Balaban J connectivity index is 2.84. The minimum atomic E-state index is -0.548. The maximum Gasteiger partial charge on any atom is 0.273 e. The van der Waals surface area contributed by atoms with Crippen LogP contribution in [-0.4, -0.2) is 40.9 Å². The lowest BCUT2D eigenvalue weighted by atomic mass is 10.1. The van der Waals surface area contributed by atoms with Gasteiger partial charge in [-0.3, -0.25) is 9.59 Å². The van der Waals surface area contributed by atoms with Crippen LogP contribution >= 0.6 is 23.2 Å². The van der Waals surface area contributed by atoms with Gasteiger partial charge in [-0.15, -0.1) is 0 Å². The van der Waals surface area contributed by atoms with Gasteiger partial charge >= 0.3 is 0 Å². The first-order valence-electron chi connectivity index (χ1n) is 7.69. The summed E-state index contributed by atoms with van der Waals surface area (Å²) >= 11 is 11.9. The molecule has 1 N–H and O–H groups in total. The number of nitrogens with zero attached hydrogens (tertiary/aromatic N) is 3. The molecule has 0 aromatic heterocycles.